The van der Waals surface area contributed by atoms with E-state index in [-0.39, 0.29) is 42.0 Å². The molecule has 2 aromatic rings. The predicted octanol–water partition coefficient (Wildman–Crippen LogP) is -3.68. The zero-order valence-electron chi connectivity index (χ0n) is 12.3. The molecule has 0 amide bonds. The molecule has 2 fully saturated rings. The molecule has 0 saturated carbocycles. The number of rotatable bonds is 1. The van der Waals surface area contributed by atoms with Gasteiger partial charge in [-0.3, -0.25) is 9.13 Å². The average Bonchev–Trinajstić information content (AvgIpc) is 2.97. The first-order valence-corrected chi connectivity index (χ1v) is 8.74. The molecule has 14 heteroatoms. The zero-order chi connectivity index (χ0) is 16.4. The number of hydrogen-bond acceptors (Lipinski definition) is 10. The third-order valence-corrected chi connectivity index (χ3v) is 5.20. The fourth-order valence-electron chi connectivity index (χ4n) is 2.67. The van der Waals surface area contributed by atoms with Crippen LogP contribution in [0.3, 0.4) is 0 Å². The molecule has 5 atom stereocenters. The van der Waals surface area contributed by atoms with E-state index >= 15 is 0 Å². The van der Waals surface area contributed by atoms with Crippen molar-refractivity contribution < 1.29 is 57.9 Å². The molecule has 24 heavy (non-hydrogen) atoms. The molecule has 11 nitrogen and oxygen atoms in total. The van der Waals surface area contributed by atoms with E-state index in [2.05, 4.69) is 35.4 Å². The van der Waals surface area contributed by atoms with Crippen LogP contribution in [0.4, 0.5) is 5.82 Å². The number of ether oxygens (including phenoxy) is 1. The van der Waals surface area contributed by atoms with Crippen molar-refractivity contribution in [1.29, 1.82) is 0 Å². The van der Waals surface area contributed by atoms with Crippen LogP contribution in [0.5, 0.6) is 0 Å². The summed E-state index contributed by atoms with van der Waals surface area (Å²) < 4.78 is 28.2. The molecule has 2 aromatic heterocycles. The monoisotopic (exact) mass is 429 g/mol. The summed E-state index contributed by atoms with van der Waals surface area (Å²) in [4.78, 5) is 23.5. The number of nitrogens with zero attached hydrogens (tertiary/aromatic N) is 4. The minimum absolute atomic E-state index is 0. The minimum atomic E-state index is -4.44. The Kier molecular flexibility index (Phi) is 5.08. The SMILES string of the molecule is Nc1ncnc2c1nc(Br)n2C1OC2COP(=O)([O-])O[C@@H]2C1O.[Na+]. The van der Waals surface area contributed by atoms with Crippen LogP contribution in [0, 0.1) is 0 Å². The van der Waals surface area contributed by atoms with E-state index < -0.39 is 32.4 Å². The third-order valence-electron chi connectivity index (χ3n) is 3.67. The fraction of sp³-hybridized carbons (Fsp3) is 0.500. The number of halogens is 1. The average molecular weight is 430 g/mol. The fourth-order valence-corrected chi connectivity index (χ4v) is 4.16. The first-order valence-electron chi connectivity index (χ1n) is 6.49. The van der Waals surface area contributed by atoms with Crippen molar-refractivity contribution in [2.24, 2.45) is 0 Å². The molecule has 124 valence electrons. The zero-order valence-corrected chi connectivity index (χ0v) is 16.8. The van der Waals surface area contributed by atoms with E-state index in [0.717, 1.165) is 0 Å². The Morgan fingerprint density at radius 2 is 2.25 bits per heavy atom. The summed E-state index contributed by atoms with van der Waals surface area (Å²) in [6, 6.07) is 0. The van der Waals surface area contributed by atoms with E-state index in [9.17, 15) is 14.6 Å². The number of nitrogens with two attached hydrogens (primary N) is 1. The van der Waals surface area contributed by atoms with Gasteiger partial charge in [-0.2, -0.15) is 0 Å². The van der Waals surface area contributed by atoms with Crippen LogP contribution in [-0.4, -0.2) is 49.5 Å². The van der Waals surface area contributed by atoms with Crippen molar-refractivity contribution in [1.82, 2.24) is 19.5 Å². The second-order valence-corrected chi connectivity index (χ2v) is 7.12. The molecular formula is C10H10BrN5NaO6P. The molecule has 4 unspecified atom stereocenters. The molecule has 2 aliphatic rings. The number of nitrogen functional groups attached to an aromatic ring is 1. The van der Waals surface area contributed by atoms with Gasteiger partial charge in [-0.25, -0.2) is 15.0 Å². The summed E-state index contributed by atoms with van der Waals surface area (Å²) in [6.07, 6.45) is -2.80. The molecule has 0 bridgehead atoms. The van der Waals surface area contributed by atoms with Crippen LogP contribution in [0.15, 0.2) is 11.1 Å². The van der Waals surface area contributed by atoms with E-state index in [4.69, 9.17) is 15.0 Å². The van der Waals surface area contributed by atoms with E-state index in [1.54, 1.807) is 0 Å². The van der Waals surface area contributed by atoms with Gasteiger partial charge in [0.2, 0.25) is 0 Å². The number of aliphatic hydroxyl groups excluding tert-OH is 1. The van der Waals surface area contributed by atoms with Crippen LogP contribution in [-0.2, 0) is 18.3 Å². The van der Waals surface area contributed by atoms with Crippen LogP contribution >= 0.6 is 23.8 Å². The predicted molar refractivity (Wildman–Crippen MR) is 75.8 cm³/mol. The molecule has 0 aliphatic carbocycles. The second-order valence-electron chi connectivity index (χ2n) is 5.05. The van der Waals surface area contributed by atoms with Gasteiger partial charge < -0.3 is 29.5 Å². The van der Waals surface area contributed by atoms with Gasteiger partial charge in [0.25, 0.3) is 7.82 Å². The summed E-state index contributed by atoms with van der Waals surface area (Å²) in [5.74, 6) is 0.169. The summed E-state index contributed by atoms with van der Waals surface area (Å²) in [7, 11) is -4.44. The number of imidazole rings is 1. The van der Waals surface area contributed by atoms with Crippen molar-refractivity contribution in [2.45, 2.75) is 24.5 Å². The van der Waals surface area contributed by atoms with Crippen LogP contribution < -0.4 is 40.2 Å². The maximum atomic E-state index is 11.4. The Hall–Kier alpha value is -0.140. The molecule has 0 aromatic carbocycles. The van der Waals surface area contributed by atoms with Gasteiger partial charge in [0.1, 0.15) is 24.6 Å². The molecule has 4 heterocycles. The van der Waals surface area contributed by atoms with Gasteiger partial charge in [0.15, 0.2) is 27.9 Å². The topological polar surface area (TPSA) is 158 Å². The maximum Gasteiger partial charge on any atom is 1.00 e. The van der Waals surface area contributed by atoms with Gasteiger partial charge in [-0.1, -0.05) is 0 Å². The molecule has 0 spiro atoms. The number of hydrogen-bond donors (Lipinski definition) is 2. The minimum Gasteiger partial charge on any atom is -0.756 e. The van der Waals surface area contributed by atoms with Crippen LogP contribution in [0.1, 0.15) is 6.23 Å². The maximum absolute atomic E-state index is 11.4. The van der Waals surface area contributed by atoms with Crippen molar-refractivity contribution in [3.8, 4) is 0 Å². The molecule has 2 aliphatic heterocycles. The van der Waals surface area contributed by atoms with E-state index in [0.29, 0.717) is 15.9 Å². The number of phosphoric acid groups is 1. The second kappa shape index (κ2) is 6.54. The van der Waals surface area contributed by atoms with E-state index in [1.807, 2.05) is 0 Å². The Morgan fingerprint density at radius 1 is 1.50 bits per heavy atom. The Balaban J connectivity index is 0.00000169. The van der Waals surface area contributed by atoms with Gasteiger partial charge in [0, 0.05) is 0 Å². The summed E-state index contributed by atoms with van der Waals surface area (Å²) in [5, 5.41) is 10.4. The normalized spacial score (nSPS) is 35.6. The van der Waals surface area contributed by atoms with Gasteiger partial charge >= 0.3 is 29.6 Å². The third kappa shape index (κ3) is 2.94. The van der Waals surface area contributed by atoms with Gasteiger partial charge in [-0.15, -0.1) is 0 Å². The van der Waals surface area contributed by atoms with Crippen molar-refractivity contribution >= 4 is 40.7 Å². The number of phosphoric ester groups is 1. The van der Waals surface area contributed by atoms with Crippen molar-refractivity contribution in [3.63, 3.8) is 0 Å². The molecule has 4 rings (SSSR count). The van der Waals surface area contributed by atoms with Crippen LogP contribution in [0.2, 0.25) is 0 Å². The molecule has 3 N–H and O–H groups in total. The smallest absolute Gasteiger partial charge is 0.756 e. The molecular weight excluding hydrogens is 420 g/mol. The first kappa shape index (κ1) is 18.6. The van der Waals surface area contributed by atoms with Crippen molar-refractivity contribution in [3.05, 3.63) is 11.1 Å². The summed E-state index contributed by atoms with van der Waals surface area (Å²) in [6.45, 7) is -0.236. The Bertz CT molecular complexity index is 837. The van der Waals surface area contributed by atoms with Gasteiger partial charge in [-0.05, 0) is 15.9 Å². The van der Waals surface area contributed by atoms with Gasteiger partial charge in [0.05, 0.1) is 6.61 Å². The summed E-state index contributed by atoms with van der Waals surface area (Å²) in [5.41, 5.74) is 6.41. The van der Waals surface area contributed by atoms with Crippen molar-refractivity contribution in [2.75, 3.05) is 12.3 Å². The Labute approximate surface area is 165 Å². The quantitative estimate of drug-likeness (QED) is 0.262. The number of aliphatic hydroxyl groups is 1. The van der Waals surface area contributed by atoms with E-state index in [1.165, 1.54) is 10.9 Å². The molecule has 2 saturated heterocycles. The Morgan fingerprint density at radius 3 is 3.00 bits per heavy atom. The van der Waals surface area contributed by atoms with Crippen LogP contribution in [0.25, 0.3) is 11.2 Å². The number of aromatic nitrogens is 4. The number of anilines is 1. The molecule has 0 radical (unpaired) electrons. The summed E-state index contributed by atoms with van der Waals surface area (Å²) >= 11 is 3.25. The number of fused-ring (bicyclic) bond motifs is 2. The largest absolute Gasteiger partial charge is 1.00 e. The standard InChI is InChI=1S/C10H11BrN5O6P.Na/c11-10-15-4-7(12)13-2-14-8(4)16(10)9-5(17)6-3(21-9)1-20-23(18,19)22-6;/h2-3,5-6,9,17H,1H2,(H,18,19)(H2,12,13,14);/q;+1/p-1/t3?,5?,6-,9?;/m0./s1. The first-order chi connectivity index (χ1) is 10.9.